The van der Waals surface area contributed by atoms with E-state index < -0.39 is 0 Å². The molecule has 1 aliphatic rings. The van der Waals surface area contributed by atoms with Crippen molar-refractivity contribution in [3.8, 4) is 0 Å². The third kappa shape index (κ3) is 5.20. The molecule has 0 radical (unpaired) electrons. The standard InChI is InChI=1S/C18H29FN4/c1-4-16(23-9-5-6-10-23)13-22-18(20-3)21-12-15-7-8-17(19)14(2)11-15/h7-8,11,16H,4-6,9-10,12-13H2,1-3H3,(H2,20,21,22). The maximum Gasteiger partial charge on any atom is 0.191 e. The van der Waals surface area contributed by atoms with Crippen LogP contribution in [-0.2, 0) is 6.54 Å². The summed E-state index contributed by atoms with van der Waals surface area (Å²) in [6.07, 6.45) is 3.77. The zero-order valence-electron chi connectivity index (χ0n) is 14.5. The van der Waals surface area contributed by atoms with Crippen molar-refractivity contribution < 1.29 is 4.39 Å². The smallest absolute Gasteiger partial charge is 0.191 e. The van der Waals surface area contributed by atoms with E-state index in [1.54, 1.807) is 14.0 Å². The molecule has 1 saturated heterocycles. The Bertz CT molecular complexity index is 524. The second kappa shape index (κ2) is 8.87. The van der Waals surface area contributed by atoms with Crippen LogP contribution >= 0.6 is 0 Å². The first-order chi connectivity index (χ1) is 11.1. The lowest BCUT2D eigenvalue weighted by Gasteiger charge is -2.27. The largest absolute Gasteiger partial charge is 0.355 e. The summed E-state index contributed by atoms with van der Waals surface area (Å²) in [7, 11) is 1.78. The fraction of sp³-hybridized carbons (Fsp3) is 0.611. The molecule has 0 bridgehead atoms. The SMILES string of the molecule is CCC(CNC(=NC)NCc1ccc(F)c(C)c1)N1CCCC1. The van der Waals surface area contributed by atoms with Crippen LogP contribution in [0, 0.1) is 12.7 Å². The Labute approximate surface area is 139 Å². The predicted octanol–water partition coefficient (Wildman–Crippen LogP) is 2.67. The molecule has 1 aromatic carbocycles. The Morgan fingerprint density at radius 1 is 1.30 bits per heavy atom. The number of nitrogens with one attached hydrogen (secondary N) is 2. The lowest BCUT2D eigenvalue weighted by molar-refractivity contribution is 0.236. The van der Waals surface area contributed by atoms with Crippen LogP contribution in [0.4, 0.5) is 4.39 Å². The van der Waals surface area contributed by atoms with Gasteiger partial charge in [-0.3, -0.25) is 9.89 Å². The third-order valence-corrected chi connectivity index (χ3v) is 4.54. The Kier molecular flexibility index (Phi) is 6.84. The van der Waals surface area contributed by atoms with Gasteiger partial charge in [0.1, 0.15) is 5.82 Å². The highest BCUT2D eigenvalue weighted by Crippen LogP contribution is 2.13. The van der Waals surface area contributed by atoms with Crippen molar-refractivity contribution in [1.82, 2.24) is 15.5 Å². The second-order valence-electron chi connectivity index (χ2n) is 6.20. The lowest BCUT2D eigenvalue weighted by atomic mass is 10.1. The van der Waals surface area contributed by atoms with Gasteiger partial charge in [0.25, 0.3) is 0 Å². The van der Waals surface area contributed by atoms with E-state index in [1.165, 1.54) is 32.0 Å². The molecule has 0 aromatic heterocycles. The fourth-order valence-electron chi connectivity index (χ4n) is 3.08. The van der Waals surface area contributed by atoms with Crippen molar-refractivity contribution in [2.45, 2.75) is 45.7 Å². The van der Waals surface area contributed by atoms with Gasteiger partial charge in [-0.05, 0) is 56.5 Å². The number of aliphatic imine (C=N–C) groups is 1. The van der Waals surface area contributed by atoms with Crippen LogP contribution in [0.5, 0.6) is 0 Å². The first-order valence-electron chi connectivity index (χ1n) is 8.57. The Morgan fingerprint density at radius 3 is 2.65 bits per heavy atom. The molecule has 128 valence electrons. The van der Waals surface area contributed by atoms with E-state index in [0.29, 0.717) is 18.2 Å². The van der Waals surface area contributed by atoms with E-state index in [9.17, 15) is 4.39 Å². The van der Waals surface area contributed by atoms with Gasteiger partial charge in [-0.25, -0.2) is 4.39 Å². The quantitative estimate of drug-likeness (QED) is 0.625. The molecule has 5 heteroatoms. The summed E-state index contributed by atoms with van der Waals surface area (Å²) in [6, 6.07) is 5.75. The zero-order chi connectivity index (χ0) is 16.7. The summed E-state index contributed by atoms with van der Waals surface area (Å²) < 4.78 is 13.3. The summed E-state index contributed by atoms with van der Waals surface area (Å²) in [4.78, 5) is 6.84. The molecule has 4 nitrogen and oxygen atoms in total. The highest BCUT2D eigenvalue weighted by molar-refractivity contribution is 5.79. The topological polar surface area (TPSA) is 39.7 Å². The number of guanidine groups is 1. The van der Waals surface area contributed by atoms with Crippen LogP contribution < -0.4 is 10.6 Å². The van der Waals surface area contributed by atoms with Crippen molar-refractivity contribution in [3.05, 3.63) is 35.1 Å². The van der Waals surface area contributed by atoms with Gasteiger partial charge in [-0.1, -0.05) is 19.1 Å². The number of nitrogens with zero attached hydrogens (tertiary/aromatic N) is 2. The lowest BCUT2D eigenvalue weighted by Crippen LogP contribution is -2.46. The van der Waals surface area contributed by atoms with Gasteiger partial charge in [0.15, 0.2) is 5.96 Å². The number of aryl methyl sites for hydroxylation is 1. The highest BCUT2D eigenvalue weighted by atomic mass is 19.1. The average Bonchev–Trinajstić information content (AvgIpc) is 3.08. The van der Waals surface area contributed by atoms with Crippen LogP contribution in [0.3, 0.4) is 0 Å². The summed E-state index contributed by atoms with van der Waals surface area (Å²) in [5.74, 6) is 0.636. The van der Waals surface area contributed by atoms with E-state index in [0.717, 1.165) is 24.5 Å². The van der Waals surface area contributed by atoms with E-state index in [1.807, 2.05) is 12.1 Å². The molecule has 0 saturated carbocycles. The summed E-state index contributed by atoms with van der Waals surface area (Å²) in [6.45, 7) is 7.98. The van der Waals surface area contributed by atoms with E-state index in [-0.39, 0.29) is 5.82 Å². The Balaban J connectivity index is 1.81. The number of halogens is 1. The van der Waals surface area contributed by atoms with Crippen molar-refractivity contribution >= 4 is 5.96 Å². The first-order valence-corrected chi connectivity index (χ1v) is 8.57. The molecule has 2 rings (SSSR count). The Morgan fingerprint density at radius 2 is 2.04 bits per heavy atom. The molecule has 1 fully saturated rings. The third-order valence-electron chi connectivity index (χ3n) is 4.54. The summed E-state index contributed by atoms with van der Waals surface area (Å²) in [5.41, 5.74) is 1.73. The predicted molar refractivity (Wildman–Crippen MR) is 94.2 cm³/mol. The first kappa shape index (κ1) is 17.7. The zero-order valence-corrected chi connectivity index (χ0v) is 14.5. The minimum atomic E-state index is -0.160. The molecular formula is C18H29FN4. The van der Waals surface area contributed by atoms with Gasteiger partial charge in [0, 0.05) is 26.2 Å². The molecule has 1 unspecified atom stereocenters. The Hall–Kier alpha value is -1.62. The van der Waals surface area contributed by atoms with Crippen LogP contribution in [0.1, 0.15) is 37.3 Å². The number of hydrogen-bond acceptors (Lipinski definition) is 2. The van der Waals surface area contributed by atoms with Gasteiger partial charge < -0.3 is 10.6 Å². The monoisotopic (exact) mass is 320 g/mol. The van der Waals surface area contributed by atoms with Crippen LogP contribution in [0.15, 0.2) is 23.2 Å². The van der Waals surface area contributed by atoms with E-state index in [4.69, 9.17) is 0 Å². The summed E-state index contributed by atoms with van der Waals surface area (Å²) >= 11 is 0. The molecule has 1 heterocycles. The van der Waals surface area contributed by atoms with Crippen molar-refractivity contribution in [1.29, 1.82) is 0 Å². The summed E-state index contributed by atoms with van der Waals surface area (Å²) in [5, 5.41) is 6.72. The number of hydrogen-bond donors (Lipinski definition) is 2. The maximum atomic E-state index is 13.3. The minimum absolute atomic E-state index is 0.160. The van der Waals surface area contributed by atoms with Crippen molar-refractivity contribution in [3.63, 3.8) is 0 Å². The molecule has 23 heavy (non-hydrogen) atoms. The van der Waals surface area contributed by atoms with Gasteiger partial charge in [-0.15, -0.1) is 0 Å². The molecule has 1 aromatic rings. The van der Waals surface area contributed by atoms with Crippen LogP contribution in [-0.4, -0.2) is 43.6 Å². The molecule has 0 spiro atoms. The average molecular weight is 320 g/mol. The van der Waals surface area contributed by atoms with Gasteiger partial charge in [-0.2, -0.15) is 0 Å². The van der Waals surface area contributed by atoms with Gasteiger partial charge >= 0.3 is 0 Å². The second-order valence-corrected chi connectivity index (χ2v) is 6.20. The fourth-order valence-corrected chi connectivity index (χ4v) is 3.08. The molecule has 0 amide bonds. The molecule has 1 atom stereocenters. The van der Waals surface area contributed by atoms with E-state index >= 15 is 0 Å². The number of rotatable bonds is 6. The minimum Gasteiger partial charge on any atom is -0.355 e. The molecular weight excluding hydrogens is 291 g/mol. The van der Waals surface area contributed by atoms with Crippen molar-refractivity contribution in [2.24, 2.45) is 4.99 Å². The number of likely N-dealkylation sites (tertiary alicyclic amines) is 1. The number of benzene rings is 1. The van der Waals surface area contributed by atoms with E-state index in [2.05, 4.69) is 27.4 Å². The maximum absolute atomic E-state index is 13.3. The molecule has 2 N–H and O–H groups in total. The normalized spacial score (nSPS) is 17.3. The van der Waals surface area contributed by atoms with Crippen LogP contribution in [0.25, 0.3) is 0 Å². The van der Waals surface area contributed by atoms with Gasteiger partial charge in [0.05, 0.1) is 0 Å². The molecule has 1 aliphatic heterocycles. The van der Waals surface area contributed by atoms with Crippen LogP contribution in [0.2, 0.25) is 0 Å². The molecule has 0 aliphatic carbocycles. The van der Waals surface area contributed by atoms with Gasteiger partial charge in [0.2, 0.25) is 0 Å². The van der Waals surface area contributed by atoms with Crippen molar-refractivity contribution in [2.75, 3.05) is 26.7 Å². The highest BCUT2D eigenvalue weighted by Gasteiger charge is 2.20.